The van der Waals surface area contributed by atoms with E-state index in [1.54, 1.807) is 36.4 Å². The highest BCUT2D eigenvalue weighted by Crippen LogP contribution is 2.31. The topological polar surface area (TPSA) is 107 Å². The van der Waals surface area contributed by atoms with Crippen molar-refractivity contribution >= 4 is 47.2 Å². The number of methoxy groups -OCH3 is 2. The second-order valence-corrected chi connectivity index (χ2v) is 8.42. The number of amides is 3. The molecule has 0 radical (unpaired) electrons. The first-order valence-electron chi connectivity index (χ1n) is 10.6. The summed E-state index contributed by atoms with van der Waals surface area (Å²) < 4.78 is 21.2. The highest BCUT2D eigenvalue weighted by molar-refractivity contribution is 6.35. The van der Waals surface area contributed by atoms with Crippen molar-refractivity contribution in [3.8, 4) is 11.5 Å². The van der Waals surface area contributed by atoms with Crippen LogP contribution in [0.15, 0.2) is 58.6 Å². The number of esters is 1. The number of carbonyl (C=O) groups excluding carboxylic acids is 3. The number of rotatable bonds is 8. The molecular formula is C25H20Cl2N2O7. The van der Waals surface area contributed by atoms with Crippen molar-refractivity contribution in [2.45, 2.75) is 13.2 Å². The third-order valence-corrected chi connectivity index (χ3v) is 5.81. The molecule has 2 aromatic carbocycles. The maximum atomic E-state index is 12.8. The maximum Gasteiger partial charge on any atom is 0.373 e. The fourth-order valence-corrected chi connectivity index (χ4v) is 3.86. The summed E-state index contributed by atoms with van der Waals surface area (Å²) in [5.41, 5.74) is 1.42. The summed E-state index contributed by atoms with van der Waals surface area (Å²) in [6.07, 6.45) is 1.52. The number of carbonyl (C=O) groups is 3. The van der Waals surface area contributed by atoms with Gasteiger partial charge in [-0.15, -0.1) is 0 Å². The summed E-state index contributed by atoms with van der Waals surface area (Å²) >= 11 is 12.1. The molecule has 3 aromatic rings. The first-order chi connectivity index (χ1) is 17.3. The van der Waals surface area contributed by atoms with Gasteiger partial charge in [0.05, 0.1) is 20.8 Å². The Hall–Kier alpha value is -3.95. The highest BCUT2D eigenvalue weighted by Gasteiger charge is 2.34. The predicted octanol–water partition coefficient (Wildman–Crippen LogP) is 5.05. The molecule has 0 saturated carbocycles. The van der Waals surface area contributed by atoms with E-state index in [2.05, 4.69) is 10.1 Å². The quantitative estimate of drug-likeness (QED) is 0.246. The molecule has 1 aliphatic heterocycles. The van der Waals surface area contributed by atoms with Gasteiger partial charge in [0, 0.05) is 15.6 Å². The van der Waals surface area contributed by atoms with Crippen LogP contribution in [0.2, 0.25) is 10.0 Å². The second-order valence-electron chi connectivity index (χ2n) is 7.57. The van der Waals surface area contributed by atoms with E-state index in [4.69, 9.17) is 37.1 Å². The number of ether oxygens (including phenoxy) is 3. The summed E-state index contributed by atoms with van der Waals surface area (Å²) in [4.78, 5) is 37.7. The Morgan fingerprint density at radius 1 is 1.06 bits per heavy atom. The van der Waals surface area contributed by atoms with E-state index in [9.17, 15) is 14.4 Å². The zero-order valence-corrected chi connectivity index (χ0v) is 20.7. The molecule has 1 fully saturated rings. The molecule has 4 rings (SSSR count). The molecule has 0 spiro atoms. The van der Waals surface area contributed by atoms with Crippen LogP contribution in [0.25, 0.3) is 6.08 Å². The molecule has 36 heavy (non-hydrogen) atoms. The molecule has 11 heteroatoms. The molecule has 1 saturated heterocycles. The molecule has 0 aliphatic carbocycles. The molecule has 1 aromatic heterocycles. The minimum absolute atomic E-state index is 0.0249. The number of hydrogen-bond donors (Lipinski definition) is 1. The summed E-state index contributed by atoms with van der Waals surface area (Å²) in [7, 11) is 2.71. The standard InChI is InChI=1S/C25H20Cl2N2O7/c1-33-22-10-14(3-7-20(22)35-13-15-4-5-16(26)11-18(15)27)9-19-23(30)29(25(32)28-19)12-17-6-8-21(36-17)24(31)34-2/h3-11H,12-13H2,1-2H3,(H,28,32)/b19-9+. The minimum Gasteiger partial charge on any atom is -0.493 e. The molecule has 1 aliphatic rings. The Kier molecular flexibility index (Phi) is 7.52. The minimum atomic E-state index is -0.656. The molecule has 186 valence electrons. The van der Waals surface area contributed by atoms with Crippen LogP contribution in [0.3, 0.4) is 0 Å². The normalized spacial score (nSPS) is 14.2. The Balaban J connectivity index is 1.47. The first-order valence-corrected chi connectivity index (χ1v) is 11.3. The van der Waals surface area contributed by atoms with Gasteiger partial charge in [-0.05, 0) is 48.0 Å². The first kappa shape index (κ1) is 25.2. The number of imide groups is 1. The predicted molar refractivity (Wildman–Crippen MR) is 131 cm³/mol. The van der Waals surface area contributed by atoms with Gasteiger partial charge in [0.2, 0.25) is 5.76 Å². The van der Waals surface area contributed by atoms with Crippen molar-refractivity contribution in [3.05, 3.63) is 86.9 Å². The Morgan fingerprint density at radius 3 is 2.58 bits per heavy atom. The third kappa shape index (κ3) is 5.48. The van der Waals surface area contributed by atoms with Crippen LogP contribution < -0.4 is 14.8 Å². The van der Waals surface area contributed by atoms with Crippen LogP contribution in [0.1, 0.15) is 27.4 Å². The molecule has 3 amide bonds. The fourth-order valence-electron chi connectivity index (χ4n) is 3.40. The molecule has 0 unspecified atom stereocenters. The Labute approximate surface area is 216 Å². The number of nitrogens with one attached hydrogen (secondary N) is 1. The van der Waals surface area contributed by atoms with E-state index >= 15 is 0 Å². The van der Waals surface area contributed by atoms with Crippen LogP contribution in [-0.2, 0) is 22.7 Å². The number of furan rings is 1. The van der Waals surface area contributed by atoms with Crippen LogP contribution in [0, 0.1) is 0 Å². The van der Waals surface area contributed by atoms with E-state index in [0.717, 1.165) is 10.5 Å². The van der Waals surface area contributed by atoms with Crippen LogP contribution in [-0.4, -0.2) is 37.0 Å². The third-order valence-electron chi connectivity index (χ3n) is 5.22. The number of halogens is 2. The molecule has 9 nitrogen and oxygen atoms in total. The number of hydrogen-bond acceptors (Lipinski definition) is 7. The van der Waals surface area contributed by atoms with Gasteiger partial charge >= 0.3 is 12.0 Å². The summed E-state index contributed by atoms with van der Waals surface area (Å²) in [5.74, 6) is -0.0844. The van der Waals surface area contributed by atoms with Gasteiger partial charge in [-0.3, -0.25) is 9.69 Å². The van der Waals surface area contributed by atoms with Gasteiger partial charge in [0.25, 0.3) is 5.91 Å². The number of urea groups is 1. The lowest BCUT2D eigenvalue weighted by Crippen LogP contribution is -2.30. The van der Waals surface area contributed by atoms with E-state index < -0.39 is 17.9 Å². The van der Waals surface area contributed by atoms with Crippen molar-refractivity contribution in [3.63, 3.8) is 0 Å². The van der Waals surface area contributed by atoms with Crippen LogP contribution >= 0.6 is 23.2 Å². The van der Waals surface area contributed by atoms with Gasteiger partial charge < -0.3 is 23.9 Å². The highest BCUT2D eigenvalue weighted by atomic mass is 35.5. The van der Waals surface area contributed by atoms with Crippen molar-refractivity contribution in [1.82, 2.24) is 10.2 Å². The lowest BCUT2D eigenvalue weighted by Gasteiger charge is -2.12. The fraction of sp³-hybridized carbons (Fsp3) is 0.160. The van der Waals surface area contributed by atoms with Crippen molar-refractivity contribution in [1.29, 1.82) is 0 Å². The molecule has 2 heterocycles. The van der Waals surface area contributed by atoms with Crippen molar-refractivity contribution in [2.24, 2.45) is 0 Å². The van der Waals surface area contributed by atoms with Crippen LogP contribution in [0.5, 0.6) is 11.5 Å². The lowest BCUT2D eigenvalue weighted by atomic mass is 10.1. The lowest BCUT2D eigenvalue weighted by molar-refractivity contribution is -0.123. The zero-order chi connectivity index (χ0) is 25.8. The maximum absolute atomic E-state index is 12.8. The summed E-state index contributed by atoms with van der Waals surface area (Å²) in [6, 6.07) is 12.5. The average molecular weight is 531 g/mol. The van der Waals surface area contributed by atoms with E-state index in [1.165, 1.54) is 32.4 Å². The van der Waals surface area contributed by atoms with E-state index in [0.29, 0.717) is 27.1 Å². The SMILES string of the molecule is COC(=O)c1ccc(CN2C(=O)N/C(=C/c3ccc(OCc4ccc(Cl)cc4Cl)c(OC)c3)C2=O)o1. The van der Waals surface area contributed by atoms with E-state index in [1.807, 2.05) is 0 Å². The van der Waals surface area contributed by atoms with Crippen molar-refractivity contribution < 1.29 is 33.0 Å². The largest absolute Gasteiger partial charge is 0.493 e. The van der Waals surface area contributed by atoms with Gasteiger partial charge in [0.15, 0.2) is 11.5 Å². The number of nitrogens with zero attached hydrogens (tertiary/aromatic N) is 1. The molecule has 0 atom stereocenters. The van der Waals surface area contributed by atoms with Gasteiger partial charge in [-0.1, -0.05) is 35.3 Å². The molecule has 1 N–H and O–H groups in total. The van der Waals surface area contributed by atoms with Gasteiger partial charge in [-0.25, -0.2) is 9.59 Å². The Morgan fingerprint density at radius 2 is 1.86 bits per heavy atom. The second kappa shape index (κ2) is 10.8. The zero-order valence-electron chi connectivity index (χ0n) is 19.2. The number of benzene rings is 2. The summed E-state index contributed by atoms with van der Waals surface area (Å²) in [6.45, 7) is 0.0448. The van der Waals surface area contributed by atoms with E-state index in [-0.39, 0.29) is 30.4 Å². The van der Waals surface area contributed by atoms with Crippen LogP contribution in [0.4, 0.5) is 4.79 Å². The molecule has 0 bridgehead atoms. The Bertz CT molecular complexity index is 1370. The monoisotopic (exact) mass is 530 g/mol. The smallest absolute Gasteiger partial charge is 0.373 e. The van der Waals surface area contributed by atoms with Gasteiger partial charge in [-0.2, -0.15) is 0 Å². The average Bonchev–Trinajstić information content (AvgIpc) is 3.44. The van der Waals surface area contributed by atoms with Gasteiger partial charge in [0.1, 0.15) is 18.1 Å². The summed E-state index contributed by atoms with van der Waals surface area (Å²) in [5, 5.41) is 3.55. The molecular weight excluding hydrogens is 511 g/mol. The van der Waals surface area contributed by atoms with Crippen molar-refractivity contribution in [2.75, 3.05) is 14.2 Å².